The maximum atomic E-state index is 9.97. The topological polar surface area (TPSA) is 35.5 Å². The Morgan fingerprint density at radius 2 is 1.89 bits per heavy atom. The minimum atomic E-state index is -0.480. The Morgan fingerprint density at radius 1 is 1.28 bits per heavy atom. The van der Waals surface area contributed by atoms with Crippen LogP contribution in [0.25, 0.3) is 0 Å². The smallest absolute Gasteiger partial charge is 0.0914 e. The molecule has 0 radical (unpaired) electrons. The zero-order valence-electron chi connectivity index (χ0n) is 11.4. The van der Waals surface area contributed by atoms with Gasteiger partial charge in [0.2, 0.25) is 0 Å². The number of likely N-dealkylation sites (N-methyl/N-ethyl adjacent to an activating group) is 1. The van der Waals surface area contributed by atoms with E-state index in [0.29, 0.717) is 17.6 Å². The second-order valence-corrected chi connectivity index (χ2v) is 5.28. The lowest BCUT2D eigenvalue weighted by atomic mass is 10.1. The number of nitrogens with one attached hydrogen (secondary N) is 1. The maximum absolute atomic E-state index is 9.97. The number of hydrogen-bond donors (Lipinski definition) is 2. The summed E-state index contributed by atoms with van der Waals surface area (Å²) in [5.41, 5.74) is 0.893. The molecular weight excluding hydrogens is 248 g/mol. The van der Waals surface area contributed by atoms with Gasteiger partial charge in [-0.15, -0.1) is 0 Å². The zero-order valence-corrected chi connectivity index (χ0v) is 12.1. The molecule has 0 saturated carbocycles. The van der Waals surface area contributed by atoms with Gasteiger partial charge in [-0.1, -0.05) is 23.7 Å². The first kappa shape index (κ1) is 15.4. The Balaban J connectivity index is 2.25. The Hall–Kier alpha value is -0.610. The molecule has 102 valence electrons. The number of nitrogens with zero attached hydrogens (tertiary/aromatic N) is 1. The summed E-state index contributed by atoms with van der Waals surface area (Å²) in [7, 11) is 2.10. The van der Waals surface area contributed by atoms with Crippen molar-refractivity contribution >= 4 is 11.6 Å². The van der Waals surface area contributed by atoms with Crippen LogP contribution in [-0.4, -0.2) is 42.7 Å². The maximum Gasteiger partial charge on any atom is 0.0914 e. The first-order valence-electron chi connectivity index (χ1n) is 6.35. The molecule has 0 amide bonds. The Labute approximate surface area is 115 Å². The molecule has 0 fully saturated rings. The van der Waals surface area contributed by atoms with E-state index in [1.165, 1.54) is 0 Å². The third-order valence-corrected chi connectivity index (χ3v) is 3.37. The summed E-state index contributed by atoms with van der Waals surface area (Å²) in [4.78, 5) is 2.27. The Kier molecular flexibility index (Phi) is 6.65. The second kappa shape index (κ2) is 7.74. The van der Waals surface area contributed by atoms with Gasteiger partial charge < -0.3 is 15.3 Å². The van der Waals surface area contributed by atoms with Crippen molar-refractivity contribution in [2.75, 3.05) is 26.7 Å². The Bertz CT molecular complexity index is 340. The van der Waals surface area contributed by atoms with Gasteiger partial charge in [-0.05, 0) is 38.6 Å². The first-order valence-corrected chi connectivity index (χ1v) is 6.73. The first-order chi connectivity index (χ1) is 8.50. The van der Waals surface area contributed by atoms with Gasteiger partial charge in [0, 0.05) is 30.7 Å². The summed E-state index contributed by atoms with van der Waals surface area (Å²) in [5, 5.41) is 13.9. The van der Waals surface area contributed by atoms with Crippen LogP contribution in [-0.2, 0) is 0 Å². The molecule has 0 saturated heterocycles. The summed E-state index contributed by atoms with van der Waals surface area (Å²) in [6.45, 7) is 6.75. The molecule has 1 aromatic carbocycles. The van der Waals surface area contributed by atoms with Gasteiger partial charge in [0.1, 0.15) is 0 Å². The fourth-order valence-corrected chi connectivity index (χ4v) is 1.68. The number of rotatable bonds is 7. The van der Waals surface area contributed by atoms with Crippen molar-refractivity contribution in [2.24, 2.45) is 0 Å². The summed E-state index contributed by atoms with van der Waals surface area (Å²) in [6.07, 6.45) is -0.480. The number of halogens is 1. The second-order valence-electron chi connectivity index (χ2n) is 4.85. The molecule has 0 bridgehead atoms. The highest BCUT2D eigenvalue weighted by Gasteiger charge is 2.07. The predicted molar refractivity (Wildman–Crippen MR) is 77.0 cm³/mol. The standard InChI is InChI=1S/C14H23ClN2O/c1-11(2)17(3)9-8-16-10-14(18)12-4-6-13(15)7-5-12/h4-7,11,14,16,18H,8-10H2,1-3H3. The number of benzene rings is 1. The van der Waals surface area contributed by atoms with E-state index in [2.05, 4.69) is 31.1 Å². The lowest BCUT2D eigenvalue weighted by molar-refractivity contribution is 0.172. The van der Waals surface area contributed by atoms with Crippen LogP contribution in [0.2, 0.25) is 5.02 Å². The van der Waals surface area contributed by atoms with E-state index in [1.807, 2.05) is 12.1 Å². The molecule has 3 nitrogen and oxygen atoms in total. The zero-order chi connectivity index (χ0) is 13.5. The molecule has 0 spiro atoms. The van der Waals surface area contributed by atoms with Crippen LogP contribution in [0.1, 0.15) is 25.5 Å². The molecule has 0 aliphatic rings. The fraction of sp³-hybridized carbons (Fsp3) is 0.571. The van der Waals surface area contributed by atoms with Gasteiger partial charge in [0.15, 0.2) is 0 Å². The summed E-state index contributed by atoms with van der Waals surface area (Å²) in [5.74, 6) is 0. The lowest BCUT2D eigenvalue weighted by Gasteiger charge is -2.21. The number of aliphatic hydroxyl groups excluding tert-OH is 1. The van der Waals surface area contributed by atoms with E-state index < -0.39 is 6.10 Å². The quantitative estimate of drug-likeness (QED) is 0.747. The molecule has 1 unspecified atom stereocenters. The van der Waals surface area contributed by atoms with Crippen LogP contribution in [0.15, 0.2) is 24.3 Å². The molecule has 0 aliphatic heterocycles. The van der Waals surface area contributed by atoms with Crippen molar-refractivity contribution in [3.63, 3.8) is 0 Å². The van der Waals surface area contributed by atoms with E-state index in [-0.39, 0.29) is 0 Å². The summed E-state index contributed by atoms with van der Waals surface area (Å²) in [6, 6.07) is 7.86. The molecule has 2 N–H and O–H groups in total. The molecule has 1 atom stereocenters. The SMILES string of the molecule is CC(C)N(C)CCNCC(O)c1ccc(Cl)cc1. The van der Waals surface area contributed by atoms with Crippen LogP contribution in [0.5, 0.6) is 0 Å². The van der Waals surface area contributed by atoms with Crippen LogP contribution >= 0.6 is 11.6 Å². The molecule has 0 heterocycles. The molecular formula is C14H23ClN2O. The monoisotopic (exact) mass is 270 g/mol. The third kappa shape index (κ3) is 5.36. The number of aliphatic hydroxyl groups is 1. The molecule has 0 aliphatic carbocycles. The summed E-state index contributed by atoms with van der Waals surface area (Å²) >= 11 is 5.80. The molecule has 1 rings (SSSR count). The molecule has 18 heavy (non-hydrogen) atoms. The van der Waals surface area contributed by atoms with Crippen molar-refractivity contribution in [1.82, 2.24) is 10.2 Å². The largest absolute Gasteiger partial charge is 0.387 e. The average Bonchev–Trinajstić information content (AvgIpc) is 2.34. The lowest BCUT2D eigenvalue weighted by Crippen LogP contribution is -2.35. The molecule has 1 aromatic rings. The van der Waals surface area contributed by atoms with E-state index in [1.54, 1.807) is 12.1 Å². The Morgan fingerprint density at radius 3 is 2.44 bits per heavy atom. The minimum Gasteiger partial charge on any atom is -0.387 e. The van der Waals surface area contributed by atoms with Crippen LogP contribution in [0.4, 0.5) is 0 Å². The average molecular weight is 271 g/mol. The van der Waals surface area contributed by atoms with Gasteiger partial charge in [0.25, 0.3) is 0 Å². The van der Waals surface area contributed by atoms with Crippen molar-refractivity contribution in [3.05, 3.63) is 34.9 Å². The van der Waals surface area contributed by atoms with Gasteiger partial charge >= 0.3 is 0 Å². The highest BCUT2D eigenvalue weighted by Crippen LogP contribution is 2.15. The minimum absolute atomic E-state index is 0.480. The van der Waals surface area contributed by atoms with Crippen LogP contribution in [0.3, 0.4) is 0 Å². The highest BCUT2D eigenvalue weighted by molar-refractivity contribution is 6.30. The molecule has 0 aromatic heterocycles. The van der Waals surface area contributed by atoms with Crippen molar-refractivity contribution in [1.29, 1.82) is 0 Å². The van der Waals surface area contributed by atoms with Gasteiger partial charge in [-0.2, -0.15) is 0 Å². The van der Waals surface area contributed by atoms with E-state index in [4.69, 9.17) is 11.6 Å². The van der Waals surface area contributed by atoms with Gasteiger partial charge in [-0.3, -0.25) is 0 Å². The van der Waals surface area contributed by atoms with E-state index >= 15 is 0 Å². The normalized spacial score (nSPS) is 13.3. The van der Waals surface area contributed by atoms with Crippen molar-refractivity contribution in [2.45, 2.75) is 26.0 Å². The van der Waals surface area contributed by atoms with Crippen LogP contribution < -0.4 is 5.32 Å². The van der Waals surface area contributed by atoms with Gasteiger partial charge in [0.05, 0.1) is 6.10 Å². The fourth-order valence-electron chi connectivity index (χ4n) is 1.56. The van der Waals surface area contributed by atoms with E-state index in [9.17, 15) is 5.11 Å². The molecule has 4 heteroatoms. The van der Waals surface area contributed by atoms with Crippen LogP contribution in [0, 0.1) is 0 Å². The summed E-state index contributed by atoms with van der Waals surface area (Å²) < 4.78 is 0. The van der Waals surface area contributed by atoms with Gasteiger partial charge in [-0.25, -0.2) is 0 Å². The number of hydrogen-bond acceptors (Lipinski definition) is 3. The third-order valence-electron chi connectivity index (χ3n) is 3.12. The highest BCUT2D eigenvalue weighted by atomic mass is 35.5. The van der Waals surface area contributed by atoms with E-state index in [0.717, 1.165) is 18.7 Å². The predicted octanol–water partition coefficient (Wildman–Crippen LogP) is 2.30. The van der Waals surface area contributed by atoms with Crippen molar-refractivity contribution < 1.29 is 5.11 Å². The van der Waals surface area contributed by atoms with Crippen molar-refractivity contribution in [3.8, 4) is 0 Å².